The van der Waals surface area contributed by atoms with Crippen LogP contribution in [0.15, 0.2) is 42.5 Å². The third-order valence-electron chi connectivity index (χ3n) is 5.69. The molecule has 3 rings (SSSR count). The van der Waals surface area contributed by atoms with Gasteiger partial charge in [0.1, 0.15) is 5.75 Å². The molecule has 1 aliphatic heterocycles. The Balaban J connectivity index is 1.50. The largest absolute Gasteiger partial charge is 0.475 e. The van der Waals surface area contributed by atoms with Gasteiger partial charge in [0.25, 0.3) is 0 Å². The van der Waals surface area contributed by atoms with Crippen LogP contribution in [0.4, 0.5) is 13.2 Å². The van der Waals surface area contributed by atoms with E-state index in [1.165, 1.54) is 0 Å². The average Bonchev–Trinajstić information content (AvgIpc) is 2.77. The van der Waals surface area contributed by atoms with Gasteiger partial charge >= 0.3 is 12.1 Å². The number of esters is 1. The van der Waals surface area contributed by atoms with Gasteiger partial charge in [-0.3, -0.25) is 9.80 Å². The molecule has 1 fully saturated rings. The van der Waals surface area contributed by atoms with E-state index in [0.717, 1.165) is 56.0 Å². The lowest BCUT2D eigenvalue weighted by atomic mass is 10.1. The first-order valence-corrected chi connectivity index (χ1v) is 11.6. The molecule has 0 aliphatic carbocycles. The van der Waals surface area contributed by atoms with Crippen molar-refractivity contribution in [3.8, 4) is 5.75 Å². The summed E-state index contributed by atoms with van der Waals surface area (Å²) >= 11 is 6.41. The van der Waals surface area contributed by atoms with E-state index in [1.807, 2.05) is 12.1 Å². The molecule has 9 heteroatoms. The van der Waals surface area contributed by atoms with Gasteiger partial charge in [-0.25, -0.2) is 4.79 Å². The summed E-state index contributed by atoms with van der Waals surface area (Å²) in [5, 5.41) is 0.427. The molecule has 0 amide bonds. The number of piperazine rings is 1. The van der Waals surface area contributed by atoms with E-state index in [0.29, 0.717) is 17.3 Å². The molecule has 0 unspecified atom stereocenters. The summed E-state index contributed by atoms with van der Waals surface area (Å²) in [4.78, 5) is 16.6. The highest BCUT2D eigenvalue weighted by Gasteiger charge is 2.32. The van der Waals surface area contributed by atoms with Gasteiger partial charge in [0.15, 0.2) is 5.60 Å². The third kappa shape index (κ3) is 7.10. The van der Waals surface area contributed by atoms with E-state index in [2.05, 4.69) is 9.80 Å². The summed E-state index contributed by atoms with van der Waals surface area (Å²) in [6.07, 6.45) is -4.31. The Morgan fingerprint density at radius 1 is 0.941 bits per heavy atom. The lowest BCUT2D eigenvalue weighted by molar-refractivity contribution is -0.158. The van der Waals surface area contributed by atoms with Gasteiger partial charge in [-0.15, -0.1) is 0 Å². The minimum atomic E-state index is -4.31. The number of halogens is 4. The highest BCUT2D eigenvalue weighted by Crippen LogP contribution is 2.31. The highest BCUT2D eigenvalue weighted by molar-refractivity contribution is 6.32. The van der Waals surface area contributed by atoms with E-state index >= 15 is 0 Å². The Kier molecular flexibility index (Phi) is 8.49. The second-order valence-corrected chi connectivity index (χ2v) is 9.25. The number of benzene rings is 2. The lowest BCUT2D eigenvalue weighted by Crippen LogP contribution is -2.45. The zero-order chi connectivity index (χ0) is 24.9. The number of nitrogens with zero attached hydrogens (tertiary/aromatic N) is 2. The Bertz CT molecular complexity index is 972. The van der Waals surface area contributed by atoms with Crippen LogP contribution in [0.3, 0.4) is 0 Å². The van der Waals surface area contributed by atoms with Gasteiger partial charge in [-0.2, -0.15) is 13.2 Å². The van der Waals surface area contributed by atoms with E-state index in [4.69, 9.17) is 21.1 Å². The Hall–Kier alpha value is -2.29. The summed E-state index contributed by atoms with van der Waals surface area (Å²) in [5.74, 6) is -0.0332. The predicted octanol–water partition coefficient (Wildman–Crippen LogP) is 5.40. The fourth-order valence-electron chi connectivity index (χ4n) is 3.77. The van der Waals surface area contributed by atoms with Crippen LogP contribution in [0.2, 0.25) is 5.02 Å². The maximum Gasteiger partial charge on any atom is 0.416 e. The van der Waals surface area contributed by atoms with Crippen molar-refractivity contribution in [2.45, 2.75) is 45.6 Å². The molecule has 186 valence electrons. The predicted molar refractivity (Wildman–Crippen MR) is 125 cm³/mol. The smallest absolute Gasteiger partial charge is 0.416 e. The first-order chi connectivity index (χ1) is 16.0. The highest BCUT2D eigenvalue weighted by atomic mass is 35.5. The van der Waals surface area contributed by atoms with Gasteiger partial charge in [0.05, 0.1) is 17.2 Å². The molecular formula is C25H30ClF3N2O3. The standard InChI is InChI=1S/C25H30ClF3N2O3/c1-4-33-23(32)24(2,3)34-22-10-7-19(15-21(22)26)17-31-13-11-30(12-14-31)16-18-5-8-20(9-6-18)25(27,28)29/h5-10,15H,4,11-14,16-17H2,1-3H3. The number of hydrogen-bond acceptors (Lipinski definition) is 5. The van der Waals surface area contributed by atoms with Crippen molar-refractivity contribution in [3.05, 3.63) is 64.2 Å². The van der Waals surface area contributed by atoms with Crippen molar-refractivity contribution in [1.82, 2.24) is 9.80 Å². The zero-order valence-corrected chi connectivity index (χ0v) is 20.4. The number of hydrogen-bond donors (Lipinski definition) is 0. The van der Waals surface area contributed by atoms with Crippen LogP contribution in [-0.2, 0) is 28.8 Å². The fraction of sp³-hybridized carbons (Fsp3) is 0.480. The van der Waals surface area contributed by atoms with E-state index < -0.39 is 23.3 Å². The van der Waals surface area contributed by atoms with Crippen LogP contribution >= 0.6 is 11.6 Å². The summed E-state index contributed by atoms with van der Waals surface area (Å²) in [6, 6.07) is 10.9. The topological polar surface area (TPSA) is 42.0 Å². The summed E-state index contributed by atoms with van der Waals surface area (Å²) < 4.78 is 49.0. The number of ether oxygens (including phenoxy) is 2. The van der Waals surface area contributed by atoms with Crippen molar-refractivity contribution in [1.29, 1.82) is 0 Å². The molecular weight excluding hydrogens is 469 g/mol. The van der Waals surface area contributed by atoms with Gasteiger partial charge < -0.3 is 9.47 Å². The Morgan fingerprint density at radius 2 is 1.47 bits per heavy atom. The third-order valence-corrected chi connectivity index (χ3v) is 5.98. The van der Waals surface area contributed by atoms with Crippen molar-refractivity contribution in [2.24, 2.45) is 0 Å². The Labute approximate surface area is 203 Å². The molecule has 0 radical (unpaired) electrons. The molecule has 1 saturated heterocycles. The minimum Gasteiger partial charge on any atom is -0.475 e. The van der Waals surface area contributed by atoms with Crippen LogP contribution < -0.4 is 4.74 Å². The van der Waals surface area contributed by atoms with Gasteiger partial charge in [-0.05, 0) is 56.2 Å². The molecule has 1 heterocycles. The van der Waals surface area contributed by atoms with Crippen LogP contribution in [-0.4, -0.2) is 54.2 Å². The van der Waals surface area contributed by atoms with Crippen LogP contribution in [0.25, 0.3) is 0 Å². The van der Waals surface area contributed by atoms with Crippen molar-refractivity contribution in [3.63, 3.8) is 0 Å². The summed E-state index contributed by atoms with van der Waals surface area (Å²) in [5.41, 5.74) is 0.127. The lowest BCUT2D eigenvalue weighted by Gasteiger charge is -2.35. The fourth-order valence-corrected chi connectivity index (χ4v) is 4.01. The normalized spacial score (nSPS) is 15.9. The summed E-state index contributed by atoms with van der Waals surface area (Å²) in [7, 11) is 0. The first kappa shape index (κ1) is 26.3. The molecule has 2 aromatic rings. The molecule has 34 heavy (non-hydrogen) atoms. The van der Waals surface area contributed by atoms with E-state index in [-0.39, 0.29) is 6.61 Å². The van der Waals surface area contributed by atoms with Gasteiger partial charge in [0, 0.05) is 39.3 Å². The van der Waals surface area contributed by atoms with Crippen molar-refractivity contribution >= 4 is 17.6 Å². The quantitative estimate of drug-likeness (QED) is 0.456. The molecule has 0 atom stereocenters. The van der Waals surface area contributed by atoms with Crippen molar-refractivity contribution in [2.75, 3.05) is 32.8 Å². The minimum absolute atomic E-state index is 0.274. The van der Waals surface area contributed by atoms with Crippen LogP contribution in [0.5, 0.6) is 5.75 Å². The summed E-state index contributed by atoms with van der Waals surface area (Å²) in [6.45, 7) is 9.96. The molecule has 0 aromatic heterocycles. The van der Waals surface area contributed by atoms with E-state index in [1.54, 1.807) is 39.0 Å². The number of alkyl halides is 3. The number of rotatable bonds is 8. The van der Waals surface area contributed by atoms with Gasteiger partial charge in [0.2, 0.25) is 0 Å². The molecule has 1 aliphatic rings. The van der Waals surface area contributed by atoms with Gasteiger partial charge in [-0.1, -0.05) is 29.8 Å². The second kappa shape index (κ2) is 11.0. The SMILES string of the molecule is CCOC(=O)C(C)(C)Oc1ccc(CN2CCN(Cc3ccc(C(F)(F)F)cc3)CC2)cc1Cl. The van der Waals surface area contributed by atoms with Crippen LogP contribution in [0.1, 0.15) is 37.5 Å². The molecule has 5 nitrogen and oxygen atoms in total. The maximum atomic E-state index is 12.7. The zero-order valence-electron chi connectivity index (χ0n) is 19.6. The van der Waals surface area contributed by atoms with Crippen molar-refractivity contribution < 1.29 is 27.4 Å². The number of carbonyl (C=O) groups excluding carboxylic acids is 1. The monoisotopic (exact) mass is 498 g/mol. The molecule has 2 aromatic carbocycles. The van der Waals surface area contributed by atoms with E-state index in [9.17, 15) is 18.0 Å². The average molecular weight is 499 g/mol. The molecule has 0 N–H and O–H groups in total. The first-order valence-electron chi connectivity index (χ1n) is 11.2. The molecule has 0 saturated carbocycles. The number of carbonyl (C=O) groups is 1. The molecule has 0 spiro atoms. The second-order valence-electron chi connectivity index (χ2n) is 8.84. The maximum absolute atomic E-state index is 12.7. The Morgan fingerprint density at radius 3 is 1.97 bits per heavy atom. The molecule has 0 bridgehead atoms. The van der Waals surface area contributed by atoms with Crippen LogP contribution in [0, 0.1) is 0 Å².